The van der Waals surface area contributed by atoms with Crippen molar-refractivity contribution in [1.29, 1.82) is 0 Å². The van der Waals surface area contributed by atoms with Gasteiger partial charge in [-0.1, -0.05) is 75.6 Å². The van der Waals surface area contributed by atoms with Gasteiger partial charge in [0.05, 0.1) is 24.5 Å². The number of anilines is 1. The summed E-state index contributed by atoms with van der Waals surface area (Å²) in [4.78, 5) is 27.2. The molecule has 2 aromatic carbocycles. The van der Waals surface area contributed by atoms with Crippen molar-refractivity contribution in [2.75, 3.05) is 51.4 Å². The third-order valence-electron chi connectivity index (χ3n) is 6.44. The van der Waals surface area contributed by atoms with E-state index in [1.165, 1.54) is 17.9 Å². The molecule has 0 atom stereocenters. The first-order chi connectivity index (χ1) is 20.9. The van der Waals surface area contributed by atoms with E-state index in [9.17, 15) is 9.59 Å². The molecule has 243 valence electrons. The van der Waals surface area contributed by atoms with Gasteiger partial charge in [-0.05, 0) is 18.1 Å². The van der Waals surface area contributed by atoms with Crippen molar-refractivity contribution in [3.05, 3.63) is 71.0 Å². The molecule has 1 radical (unpaired) electrons. The monoisotopic (exact) mass is 688 g/mol. The minimum atomic E-state index is -0.0575. The summed E-state index contributed by atoms with van der Waals surface area (Å²) in [6.07, 6.45) is 6.04. The van der Waals surface area contributed by atoms with E-state index in [2.05, 4.69) is 28.1 Å². The minimum absolute atomic E-state index is 0. The fourth-order valence-corrected chi connectivity index (χ4v) is 4.24. The Morgan fingerprint density at radius 1 is 1.07 bits per heavy atom. The third kappa shape index (κ3) is 15.6. The Hall–Kier alpha value is -2.38. The van der Waals surface area contributed by atoms with Crippen molar-refractivity contribution in [3.8, 4) is 0 Å². The number of carbonyl (C=O) groups is 2. The van der Waals surface area contributed by atoms with Crippen LogP contribution >= 0.6 is 0 Å². The summed E-state index contributed by atoms with van der Waals surface area (Å²) >= 11 is 0. The number of nitrogens with two attached hydrogens (primary N) is 2. The van der Waals surface area contributed by atoms with Crippen LogP contribution in [0.15, 0.2) is 48.5 Å². The first-order valence-corrected chi connectivity index (χ1v) is 15.0. The third-order valence-corrected chi connectivity index (χ3v) is 6.44. The van der Waals surface area contributed by atoms with Gasteiger partial charge in [-0.2, -0.15) is 6.54 Å². The SMILES string of the molecule is CCCCC[NH-].CCCOCCC(=O)NCCC=O.CN1Cc2ccccc2/C(N(N)CCOO)=C(/N)c2ccccc21.[Y]. The molecule has 1 aliphatic heterocycles. The summed E-state index contributed by atoms with van der Waals surface area (Å²) in [5.74, 6) is 6.19. The number of fused-ring (bicyclic) bond motifs is 2. The molecule has 0 fully saturated rings. The Bertz CT molecular complexity index is 1100. The second kappa shape index (κ2) is 25.9. The van der Waals surface area contributed by atoms with Gasteiger partial charge < -0.3 is 36.2 Å². The number of hydrazine groups is 1. The molecular formula is C32H51N6O5Y-. The number of unbranched alkanes of at least 4 members (excludes halogenated alkanes) is 2. The average molecular weight is 689 g/mol. The normalized spacial score (nSPS) is 13.3. The fourth-order valence-electron chi connectivity index (χ4n) is 4.24. The molecule has 0 aromatic heterocycles. The number of rotatable bonds is 15. The second-order valence-corrected chi connectivity index (χ2v) is 9.94. The molecule has 0 bridgehead atoms. The summed E-state index contributed by atoms with van der Waals surface area (Å²) in [6.45, 7) is 7.51. The van der Waals surface area contributed by atoms with Gasteiger partial charge in [0, 0.05) is 89.1 Å². The van der Waals surface area contributed by atoms with Crippen molar-refractivity contribution in [2.45, 2.75) is 58.9 Å². The number of nitrogens with one attached hydrogen (secondary N) is 2. The van der Waals surface area contributed by atoms with Crippen LogP contribution in [-0.2, 0) is 58.5 Å². The molecule has 1 heterocycles. The minimum Gasteiger partial charge on any atom is -0.677 e. The number of hydrogen-bond donors (Lipinski definition) is 4. The quantitative estimate of drug-likeness (QED) is 0.0675. The van der Waals surface area contributed by atoms with E-state index < -0.39 is 0 Å². The summed E-state index contributed by atoms with van der Waals surface area (Å²) in [7, 11) is 2.05. The van der Waals surface area contributed by atoms with E-state index in [1.54, 1.807) is 0 Å². The van der Waals surface area contributed by atoms with Crippen LogP contribution in [0.3, 0.4) is 0 Å². The predicted molar refractivity (Wildman–Crippen MR) is 174 cm³/mol. The molecule has 7 N–H and O–H groups in total. The molecule has 0 aliphatic carbocycles. The topological polar surface area (TPSA) is 167 Å². The Kier molecular flexibility index (Phi) is 24.5. The maximum atomic E-state index is 11.0. The van der Waals surface area contributed by atoms with E-state index in [0.29, 0.717) is 51.4 Å². The number of carbonyl (C=O) groups excluding carboxylic acids is 2. The molecule has 0 unspecified atom stereocenters. The molecule has 12 heteroatoms. The second-order valence-electron chi connectivity index (χ2n) is 9.94. The number of amides is 1. The summed E-state index contributed by atoms with van der Waals surface area (Å²) in [5, 5.41) is 12.8. The number of aldehydes is 1. The zero-order valence-corrected chi connectivity index (χ0v) is 29.4. The summed E-state index contributed by atoms with van der Waals surface area (Å²) < 4.78 is 5.13. The Balaban J connectivity index is 0.000000782. The van der Waals surface area contributed by atoms with Crippen LogP contribution in [0, 0.1) is 0 Å². The van der Waals surface area contributed by atoms with Crippen molar-refractivity contribution in [2.24, 2.45) is 11.6 Å². The maximum absolute atomic E-state index is 11.0. The molecular weight excluding hydrogens is 637 g/mol. The van der Waals surface area contributed by atoms with Gasteiger partial charge >= 0.3 is 0 Å². The van der Waals surface area contributed by atoms with Crippen LogP contribution in [0.25, 0.3) is 17.1 Å². The number of hydrogen-bond acceptors (Lipinski definition) is 9. The average Bonchev–Trinajstić information content (AvgIpc) is 3.02. The van der Waals surface area contributed by atoms with E-state index in [1.807, 2.05) is 56.4 Å². The predicted octanol–water partition coefficient (Wildman–Crippen LogP) is 4.82. The van der Waals surface area contributed by atoms with Crippen molar-refractivity contribution < 1.29 is 57.2 Å². The van der Waals surface area contributed by atoms with Gasteiger partial charge in [0.1, 0.15) is 12.9 Å². The first-order valence-electron chi connectivity index (χ1n) is 15.0. The zero-order valence-electron chi connectivity index (χ0n) is 26.6. The van der Waals surface area contributed by atoms with Crippen molar-refractivity contribution >= 4 is 29.3 Å². The number of ether oxygens (including phenoxy) is 1. The fraction of sp³-hybridized carbons (Fsp3) is 0.500. The molecule has 2 aromatic rings. The molecule has 0 saturated carbocycles. The molecule has 1 aliphatic rings. The van der Waals surface area contributed by atoms with Crippen molar-refractivity contribution in [3.63, 3.8) is 0 Å². The van der Waals surface area contributed by atoms with Gasteiger partial charge in [-0.15, -0.1) is 0 Å². The summed E-state index contributed by atoms with van der Waals surface area (Å²) in [5.41, 5.74) is 18.7. The van der Waals surface area contributed by atoms with Gasteiger partial charge in [0.15, 0.2) is 0 Å². The van der Waals surface area contributed by atoms with Gasteiger partial charge in [0.2, 0.25) is 5.91 Å². The van der Waals surface area contributed by atoms with Crippen LogP contribution in [0.2, 0.25) is 0 Å². The summed E-state index contributed by atoms with van der Waals surface area (Å²) in [6, 6.07) is 16.1. The van der Waals surface area contributed by atoms with E-state index in [0.717, 1.165) is 53.7 Å². The Morgan fingerprint density at radius 3 is 2.36 bits per heavy atom. The molecule has 0 spiro atoms. The first kappa shape index (κ1) is 41.6. The molecule has 1 amide bonds. The van der Waals surface area contributed by atoms with E-state index >= 15 is 0 Å². The van der Waals surface area contributed by atoms with Crippen LogP contribution in [0.5, 0.6) is 0 Å². The molecule has 11 nitrogen and oxygen atoms in total. The number of para-hydroxylation sites is 1. The van der Waals surface area contributed by atoms with Gasteiger partial charge in [-0.3, -0.25) is 10.1 Å². The molecule has 0 saturated heterocycles. The molecule has 44 heavy (non-hydrogen) atoms. The standard InChI is InChI=1S/C18H22N4O2.C9H17NO3.C5H12N.Y/c1-21-12-13-6-2-3-7-14(13)18(22(20)10-11-24-23)17(19)15-8-4-5-9-16(15)21;1-2-7-13-8-4-9(12)10-5-3-6-11;1-2-3-4-5-6;/h2-9,23H,10-12,19-20H2,1H3;6H,2-5,7-8H2,1H3,(H,10,12);6H,2-5H2,1H3;/q;;-1;/b18-17-;;;. The van der Waals surface area contributed by atoms with Crippen LogP contribution < -0.4 is 21.8 Å². The van der Waals surface area contributed by atoms with Crippen LogP contribution in [0.1, 0.15) is 69.1 Å². The number of nitrogens with zero attached hydrogens (tertiary/aromatic N) is 2. The Morgan fingerprint density at radius 2 is 1.75 bits per heavy atom. The largest absolute Gasteiger partial charge is 0.677 e. The van der Waals surface area contributed by atoms with Gasteiger partial charge in [-0.25, -0.2) is 10.7 Å². The van der Waals surface area contributed by atoms with E-state index in [-0.39, 0.29) is 45.2 Å². The van der Waals surface area contributed by atoms with Crippen LogP contribution in [-0.4, -0.2) is 69.0 Å². The maximum Gasteiger partial charge on any atom is 0.222 e. The van der Waals surface area contributed by atoms with Gasteiger partial charge in [0.25, 0.3) is 0 Å². The number of benzene rings is 2. The van der Waals surface area contributed by atoms with Crippen molar-refractivity contribution in [1.82, 2.24) is 10.3 Å². The van der Waals surface area contributed by atoms with E-state index in [4.69, 9.17) is 27.3 Å². The zero-order chi connectivity index (χ0) is 31.9. The molecule has 3 rings (SSSR count). The Labute approximate surface area is 288 Å². The smallest absolute Gasteiger partial charge is 0.222 e. The van der Waals surface area contributed by atoms with Crippen LogP contribution in [0.4, 0.5) is 5.69 Å².